The first-order chi connectivity index (χ1) is 11.6. The number of thioether (sulfide) groups is 1. The van der Waals surface area contributed by atoms with Crippen LogP contribution in [0.1, 0.15) is 30.7 Å². The van der Waals surface area contributed by atoms with E-state index in [1.165, 1.54) is 16.7 Å². The molecule has 1 aliphatic rings. The molecule has 1 aromatic carbocycles. The highest BCUT2D eigenvalue weighted by Crippen LogP contribution is 2.43. The minimum absolute atomic E-state index is 0.0550. The van der Waals surface area contributed by atoms with Gasteiger partial charge in [0.1, 0.15) is 23.4 Å². The summed E-state index contributed by atoms with van der Waals surface area (Å²) in [6.45, 7) is 2.36. The van der Waals surface area contributed by atoms with Crippen molar-refractivity contribution >= 4 is 23.6 Å². The summed E-state index contributed by atoms with van der Waals surface area (Å²) in [5, 5.41) is -0.290. The van der Waals surface area contributed by atoms with Gasteiger partial charge in [0.05, 0.1) is 26.6 Å². The highest BCUT2D eigenvalue weighted by molar-refractivity contribution is 8.00. The van der Waals surface area contributed by atoms with E-state index >= 15 is 0 Å². The monoisotopic (exact) mass is 353 g/mol. The van der Waals surface area contributed by atoms with Gasteiger partial charge in [0.2, 0.25) is 5.91 Å². The Hall–Kier alpha value is -1.89. The van der Waals surface area contributed by atoms with Gasteiger partial charge in [-0.3, -0.25) is 9.59 Å². The molecule has 1 aromatic rings. The van der Waals surface area contributed by atoms with E-state index in [0.717, 1.165) is 18.4 Å². The molecule has 0 aromatic heterocycles. The summed E-state index contributed by atoms with van der Waals surface area (Å²) in [6, 6.07) is 5.44. The molecule has 1 fully saturated rings. The van der Waals surface area contributed by atoms with Crippen LogP contribution in [0.5, 0.6) is 11.5 Å². The number of unbranched alkanes of at least 4 members (excludes halogenated alkanes) is 1. The topological polar surface area (TPSA) is 65.1 Å². The molecule has 1 aliphatic heterocycles. The van der Waals surface area contributed by atoms with Gasteiger partial charge in [-0.1, -0.05) is 13.3 Å². The number of amides is 1. The van der Waals surface area contributed by atoms with Gasteiger partial charge in [-0.15, -0.1) is 11.8 Å². The normalized spacial score (nSPS) is 17.0. The summed E-state index contributed by atoms with van der Waals surface area (Å²) in [6.07, 6.45) is 1.77. The van der Waals surface area contributed by atoms with E-state index in [9.17, 15) is 9.59 Å². The van der Waals surface area contributed by atoms with Gasteiger partial charge in [0.15, 0.2) is 0 Å². The summed E-state index contributed by atoms with van der Waals surface area (Å²) in [4.78, 5) is 25.7. The lowest BCUT2D eigenvalue weighted by Crippen LogP contribution is -2.34. The van der Waals surface area contributed by atoms with Crippen LogP contribution < -0.4 is 9.47 Å². The molecule has 24 heavy (non-hydrogen) atoms. The lowest BCUT2D eigenvalue weighted by molar-refractivity contribution is -0.148. The van der Waals surface area contributed by atoms with Crippen molar-refractivity contribution in [3.8, 4) is 11.5 Å². The van der Waals surface area contributed by atoms with Crippen LogP contribution in [-0.4, -0.2) is 49.9 Å². The molecule has 1 atom stereocenters. The minimum Gasteiger partial charge on any atom is -0.497 e. The lowest BCUT2D eigenvalue weighted by atomic mass is 10.1. The molecule has 7 heteroatoms. The fourth-order valence-corrected chi connectivity index (χ4v) is 3.63. The van der Waals surface area contributed by atoms with Crippen molar-refractivity contribution in [3.05, 3.63) is 23.8 Å². The number of nitrogens with zero attached hydrogens (tertiary/aromatic N) is 1. The SMILES string of the molecule is CCCCOC(=O)CN1C(=O)CSC1c1cc(OC)ccc1OC. The van der Waals surface area contributed by atoms with E-state index in [2.05, 4.69) is 0 Å². The lowest BCUT2D eigenvalue weighted by Gasteiger charge is -2.25. The number of hydrogen-bond acceptors (Lipinski definition) is 6. The second kappa shape index (κ2) is 8.82. The van der Waals surface area contributed by atoms with Gasteiger partial charge in [-0.25, -0.2) is 0 Å². The van der Waals surface area contributed by atoms with Gasteiger partial charge in [-0.2, -0.15) is 0 Å². The fraction of sp³-hybridized carbons (Fsp3) is 0.529. The van der Waals surface area contributed by atoms with Crippen molar-refractivity contribution in [3.63, 3.8) is 0 Å². The van der Waals surface area contributed by atoms with Crippen molar-refractivity contribution in [2.24, 2.45) is 0 Å². The highest BCUT2D eigenvalue weighted by atomic mass is 32.2. The molecule has 1 amide bonds. The number of benzene rings is 1. The van der Waals surface area contributed by atoms with Gasteiger partial charge in [0.25, 0.3) is 0 Å². The number of rotatable bonds is 8. The largest absolute Gasteiger partial charge is 0.497 e. The first kappa shape index (κ1) is 18.4. The van der Waals surface area contributed by atoms with Gasteiger partial charge in [-0.05, 0) is 24.6 Å². The Balaban J connectivity index is 2.16. The van der Waals surface area contributed by atoms with Crippen molar-refractivity contribution in [2.45, 2.75) is 25.1 Å². The van der Waals surface area contributed by atoms with Crippen molar-refractivity contribution in [1.82, 2.24) is 4.90 Å². The number of ether oxygens (including phenoxy) is 3. The molecule has 1 unspecified atom stereocenters. The molecule has 1 heterocycles. The Morgan fingerprint density at radius 1 is 1.33 bits per heavy atom. The van der Waals surface area contributed by atoms with Crippen LogP contribution in [0.2, 0.25) is 0 Å². The standard InChI is InChI=1S/C17H23NO5S/c1-4-5-8-23-16(20)10-18-15(19)11-24-17(18)13-9-12(21-2)6-7-14(13)22-3/h6-7,9,17H,4-5,8,10-11H2,1-3H3. The molecule has 132 valence electrons. The molecular weight excluding hydrogens is 330 g/mol. The molecule has 0 radical (unpaired) electrons. The third-order valence-electron chi connectivity index (χ3n) is 3.73. The first-order valence-corrected chi connectivity index (χ1v) is 8.94. The molecule has 0 N–H and O–H groups in total. The van der Waals surface area contributed by atoms with E-state index < -0.39 is 0 Å². The summed E-state index contributed by atoms with van der Waals surface area (Å²) < 4.78 is 15.8. The molecule has 1 saturated heterocycles. The molecule has 0 saturated carbocycles. The van der Waals surface area contributed by atoms with E-state index in [-0.39, 0.29) is 23.8 Å². The van der Waals surface area contributed by atoms with Crippen LogP contribution in [0, 0.1) is 0 Å². The average molecular weight is 353 g/mol. The van der Waals surface area contributed by atoms with E-state index in [1.807, 2.05) is 13.0 Å². The smallest absolute Gasteiger partial charge is 0.325 e. The maximum absolute atomic E-state index is 12.2. The third kappa shape index (κ3) is 4.35. The zero-order chi connectivity index (χ0) is 17.5. The quantitative estimate of drug-likeness (QED) is 0.529. The zero-order valence-electron chi connectivity index (χ0n) is 14.2. The van der Waals surface area contributed by atoms with Gasteiger partial charge < -0.3 is 19.1 Å². The fourth-order valence-electron chi connectivity index (χ4n) is 2.43. The second-order valence-corrected chi connectivity index (χ2v) is 6.44. The molecule has 2 rings (SSSR count). The van der Waals surface area contributed by atoms with Crippen LogP contribution in [-0.2, 0) is 14.3 Å². The Morgan fingerprint density at radius 3 is 2.79 bits per heavy atom. The number of hydrogen-bond donors (Lipinski definition) is 0. The van der Waals surface area contributed by atoms with Crippen LogP contribution in [0.25, 0.3) is 0 Å². The predicted octanol–water partition coefficient (Wildman–Crippen LogP) is 2.62. The third-order valence-corrected chi connectivity index (χ3v) is 4.97. The highest BCUT2D eigenvalue weighted by Gasteiger charge is 2.36. The summed E-state index contributed by atoms with van der Waals surface area (Å²) in [5.74, 6) is 1.20. The molecule has 6 nitrogen and oxygen atoms in total. The average Bonchev–Trinajstić information content (AvgIpc) is 2.95. The van der Waals surface area contributed by atoms with Crippen molar-refractivity contribution in [2.75, 3.05) is 33.1 Å². The van der Waals surface area contributed by atoms with Crippen LogP contribution in [0.4, 0.5) is 0 Å². The maximum Gasteiger partial charge on any atom is 0.325 e. The van der Waals surface area contributed by atoms with Crippen molar-refractivity contribution < 1.29 is 23.8 Å². The minimum atomic E-state index is -0.383. The number of methoxy groups -OCH3 is 2. The molecular formula is C17H23NO5S. The van der Waals surface area contributed by atoms with E-state index in [4.69, 9.17) is 14.2 Å². The molecule has 0 aliphatic carbocycles. The Bertz CT molecular complexity index is 592. The Morgan fingerprint density at radius 2 is 2.12 bits per heavy atom. The molecule has 0 bridgehead atoms. The first-order valence-electron chi connectivity index (χ1n) is 7.89. The van der Waals surface area contributed by atoms with Crippen molar-refractivity contribution in [1.29, 1.82) is 0 Å². The summed E-state index contributed by atoms with van der Waals surface area (Å²) in [7, 11) is 3.16. The van der Waals surface area contributed by atoms with E-state index in [0.29, 0.717) is 23.9 Å². The summed E-state index contributed by atoms with van der Waals surface area (Å²) in [5.41, 5.74) is 0.814. The van der Waals surface area contributed by atoms with Crippen LogP contribution in [0.15, 0.2) is 18.2 Å². The predicted molar refractivity (Wildman–Crippen MR) is 92.3 cm³/mol. The van der Waals surface area contributed by atoms with E-state index in [1.54, 1.807) is 26.4 Å². The van der Waals surface area contributed by atoms with Gasteiger partial charge >= 0.3 is 5.97 Å². The van der Waals surface area contributed by atoms with Gasteiger partial charge in [0, 0.05) is 5.56 Å². The Labute approximate surface area is 146 Å². The Kier molecular flexibility index (Phi) is 6.78. The summed E-state index contributed by atoms with van der Waals surface area (Å²) >= 11 is 1.46. The van der Waals surface area contributed by atoms with Crippen LogP contribution >= 0.6 is 11.8 Å². The maximum atomic E-state index is 12.2. The number of esters is 1. The number of carbonyl (C=O) groups excluding carboxylic acids is 2. The zero-order valence-corrected chi connectivity index (χ0v) is 15.1. The number of carbonyl (C=O) groups is 2. The van der Waals surface area contributed by atoms with Crippen LogP contribution in [0.3, 0.4) is 0 Å². The second-order valence-electron chi connectivity index (χ2n) is 5.37. The molecule has 0 spiro atoms.